The maximum Gasteiger partial charge on any atom is 0.417 e. The molecule has 0 radical (unpaired) electrons. The molecule has 0 fully saturated rings. The average molecular weight is 622 g/mol. The van der Waals surface area contributed by atoms with Crippen LogP contribution >= 0.6 is 35.0 Å². The Kier molecular flexibility index (Phi) is 9.42. The first-order valence-electron chi connectivity index (χ1n) is 11.9. The fraction of sp³-hybridized carbons (Fsp3) is 0.143. The van der Waals surface area contributed by atoms with Crippen molar-refractivity contribution in [3.8, 4) is 11.3 Å². The standard InChI is InChI=1S/C28H20Cl2F3N3O4S/c29-18-5-7-23(35-27(40)17-3-1-2-15(10-17)14-41-9-8-24(37)38)19(12-18)26(39)20-13-34-36-25(20)16-4-6-22(30)21(11-16)28(31,32)33/h1-7,10-13H,8-9,14H2,(H,34,36)(H,35,40)(H,37,38). The number of rotatable bonds is 10. The second-order valence-electron chi connectivity index (χ2n) is 8.72. The normalized spacial score (nSPS) is 11.3. The summed E-state index contributed by atoms with van der Waals surface area (Å²) in [6.45, 7) is 0. The summed E-state index contributed by atoms with van der Waals surface area (Å²) in [6.07, 6.45) is -3.51. The number of anilines is 1. The van der Waals surface area contributed by atoms with Gasteiger partial charge in [-0.15, -0.1) is 0 Å². The van der Waals surface area contributed by atoms with Gasteiger partial charge < -0.3 is 10.4 Å². The van der Waals surface area contributed by atoms with Gasteiger partial charge in [-0.25, -0.2) is 0 Å². The number of thioether (sulfide) groups is 1. The number of benzene rings is 3. The second kappa shape index (κ2) is 12.8. The van der Waals surface area contributed by atoms with Crippen molar-refractivity contribution in [2.45, 2.75) is 18.3 Å². The van der Waals surface area contributed by atoms with Crippen LogP contribution in [0, 0.1) is 0 Å². The molecule has 41 heavy (non-hydrogen) atoms. The molecule has 0 saturated carbocycles. The summed E-state index contributed by atoms with van der Waals surface area (Å²) in [4.78, 5) is 37.4. The van der Waals surface area contributed by atoms with Gasteiger partial charge in [0.05, 0.1) is 40.1 Å². The summed E-state index contributed by atoms with van der Waals surface area (Å²) >= 11 is 13.3. The fourth-order valence-electron chi connectivity index (χ4n) is 3.88. The Hall–Kier alpha value is -3.80. The molecule has 13 heteroatoms. The van der Waals surface area contributed by atoms with Crippen molar-refractivity contribution in [1.29, 1.82) is 0 Å². The Morgan fingerprint density at radius 3 is 2.51 bits per heavy atom. The van der Waals surface area contributed by atoms with Crippen molar-refractivity contribution in [2.75, 3.05) is 11.1 Å². The first-order valence-corrected chi connectivity index (χ1v) is 13.8. The highest BCUT2D eigenvalue weighted by molar-refractivity contribution is 7.98. The topological polar surface area (TPSA) is 112 Å². The van der Waals surface area contributed by atoms with Gasteiger partial charge in [0.1, 0.15) is 0 Å². The Labute approximate surface area is 246 Å². The second-order valence-corrected chi connectivity index (χ2v) is 10.7. The highest BCUT2D eigenvalue weighted by Crippen LogP contribution is 2.38. The van der Waals surface area contributed by atoms with E-state index in [1.54, 1.807) is 18.2 Å². The maximum atomic E-state index is 13.6. The molecule has 0 spiro atoms. The van der Waals surface area contributed by atoms with Gasteiger partial charge in [0.25, 0.3) is 5.91 Å². The van der Waals surface area contributed by atoms with Crippen LogP contribution in [0.2, 0.25) is 10.0 Å². The molecule has 1 aromatic heterocycles. The van der Waals surface area contributed by atoms with E-state index in [1.165, 1.54) is 42.2 Å². The van der Waals surface area contributed by atoms with E-state index in [1.807, 2.05) is 6.07 Å². The van der Waals surface area contributed by atoms with Gasteiger partial charge in [-0.05, 0) is 48.0 Å². The van der Waals surface area contributed by atoms with Gasteiger partial charge in [-0.2, -0.15) is 30.0 Å². The van der Waals surface area contributed by atoms with Crippen molar-refractivity contribution in [2.24, 2.45) is 0 Å². The van der Waals surface area contributed by atoms with E-state index in [2.05, 4.69) is 15.5 Å². The van der Waals surface area contributed by atoms with Crippen LogP contribution in [-0.2, 0) is 16.7 Å². The number of aliphatic carboxylic acids is 1. The van der Waals surface area contributed by atoms with E-state index in [4.69, 9.17) is 28.3 Å². The quantitative estimate of drug-likeness (QED) is 0.124. The lowest BCUT2D eigenvalue weighted by molar-refractivity contribution is -0.138. The molecular weight excluding hydrogens is 602 g/mol. The summed E-state index contributed by atoms with van der Waals surface area (Å²) in [5.74, 6) is -1.12. The Bertz CT molecular complexity index is 1630. The number of carboxylic acid groups (broad SMARTS) is 1. The predicted octanol–water partition coefficient (Wildman–Crippen LogP) is 7.59. The third-order valence-electron chi connectivity index (χ3n) is 5.84. The predicted molar refractivity (Wildman–Crippen MR) is 152 cm³/mol. The third-order valence-corrected chi connectivity index (χ3v) is 7.43. The molecule has 0 aliphatic heterocycles. The van der Waals surface area contributed by atoms with E-state index >= 15 is 0 Å². The maximum absolute atomic E-state index is 13.6. The van der Waals surface area contributed by atoms with E-state index < -0.39 is 34.4 Å². The van der Waals surface area contributed by atoms with Crippen molar-refractivity contribution in [3.05, 3.63) is 105 Å². The van der Waals surface area contributed by atoms with Gasteiger partial charge in [0.15, 0.2) is 5.78 Å². The van der Waals surface area contributed by atoms with E-state index in [-0.39, 0.29) is 39.5 Å². The van der Waals surface area contributed by atoms with Gasteiger partial charge in [0, 0.05) is 33.2 Å². The Balaban J connectivity index is 1.60. The summed E-state index contributed by atoms with van der Waals surface area (Å²) < 4.78 is 40.3. The molecule has 7 nitrogen and oxygen atoms in total. The number of aromatic nitrogens is 2. The SMILES string of the molecule is O=C(O)CCSCc1cccc(C(=O)Nc2ccc(Cl)cc2C(=O)c2cn[nH]c2-c2ccc(Cl)c(C(F)(F)F)c2)c1. The number of carboxylic acids is 1. The van der Waals surface area contributed by atoms with Crippen LogP contribution in [0.1, 0.15) is 43.8 Å². The van der Waals surface area contributed by atoms with Crippen LogP contribution < -0.4 is 5.32 Å². The Morgan fingerprint density at radius 1 is 1.00 bits per heavy atom. The van der Waals surface area contributed by atoms with Crippen LogP contribution in [0.25, 0.3) is 11.3 Å². The minimum Gasteiger partial charge on any atom is -0.481 e. The number of nitrogens with zero attached hydrogens (tertiary/aromatic N) is 1. The monoisotopic (exact) mass is 621 g/mol. The van der Waals surface area contributed by atoms with Crippen molar-refractivity contribution in [3.63, 3.8) is 0 Å². The molecule has 1 amide bonds. The number of amides is 1. The zero-order valence-corrected chi connectivity index (χ0v) is 23.2. The number of ketones is 1. The van der Waals surface area contributed by atoms with Crippen LogP contribution in [0.15, 0.2) is 66.9 Å². The number of hydrogen-bond donors (Lipinski definition) is 3. The number of H-pyrrole nitrogens is 1. The van der Waals surface area contributed by atoms with Crippen molar-refractivity contribution < 1.29 is 32.7 Å². The van der Waals surface area contributed by atoms with E-state index in [0.29, 0.717) is 17.1 Å². The number of carbonyl (C=O) groups excluding carboxylic acids is 2. The molecule has 0 atom stereocenters. The number of hydrogen-bond acceptors (Lipinski definition) is 5. The molecule has 0 bridgehead atoms. The highest BCUT2D eigenvalue weighted by atomic mass is 35.5. The summed E-state index contributed by atoms with van der Waals surface area (Å²) in [5, 5.41) is 17.6. The molecule has 3 aromatic carbocycles. The zero-order valence-electron chi connectivity index (χ0n) is 20.9. The average Bonchev–Trinajstić information content (AvgIpc) is 3.41. The van der Waals surface area contributed by atoms with Gasteiger partial charge in [0.2, 0.25) is 0 Å². The molecule has 4 aromatic rings. The molecule has 212 valence electrons. The number of carbonyl (C=O) groups is 3. The highest BCUT2D eigenvalue weighted by Gasteiger charge is 2.34. The molecule has 1 heterocycles. The molecule has 0 aliphatic rings. The van der Waals surface area contributed by atoms with Crippen molar-refractivity contribution >= 4 is 58.3 Å². The molecule has 3 N–H and O–H groups in total. The lowest BCUT2D eigenvalue weighted by Crippen LogP contribution is -2.15. The molecule has 0 saturated heterocycles. The van der Waals surface area contributed by atoms with Gasteiger partial charge >= 0.3 is 12.1 Å². The van der Waals surface area contributed by atoms with Crippen LogP contribution in [-0.4, -0.2) is 38.7 Å². The van der Waals surface area contributed by atoms with Crippen LogP contribution in [0.5, 0.6) is 0 Å². The zero-order chi connectivity index (χ0) is 29.7. The van der Waals surface area contributed by atoms with Crippen molar-refractivity contribution in [1.82, 2.24) is 10.2 Å². The minimum absolute atomic E-state index is 0.00103. The molecule has 0 aliphatic carbocycles. The number of aromatic amines is 1. The largest absolute Gasteiger partial charge is 0.481 e. The van der Waals surface area contributed by atoms with Crippen LogP contribution in [0.4, 0.5) is 18.9 Å². The first kappa shape index (κ1) is 30.2. The molecule has 4 rings (SSSR count). The first-order chi connectivity index (χ1) is 19.4. The van der Waals surface area contributed by atoms with Crippen LogP contribution in [0.3, 0.4) is 0 Å². The molecular formula is C28H20Cl2F3N3O4S. The molecule has 0 unspecified atom stereocenters. The van der Waals surface area contributed by atoms with E-state index in [0.717, 1.165) is 17.7 Å². The lowest BCUT2D eigenvalue weighted by atomic mass is 9.98. The summed E-state index contributed by atoms with van der Waals surface area (Å²) in [7, 11) is 0. The number of alkyl halides is 3. The minimum atomic E-state index is -4.71. The summed E-state index contributed by atoms with van der Waals surface area (Å²) in [6, 6.07) is 14.2. The van der Waals surface area contributed by atoms with E-state index in [9.17, 15) is 27.6 Å². The third kappa shape index (κ3) is 7.49. The van der Waals surface area contributed by atoms with Gasteiger partial charge in [-0.3, -0.25) is 19.5 Å². The van der Waals surface area contributed by atoms with Gasteiger partial charge in [-0.1, -0.05) is 41.4 Å². The smallest absolute Gasteiger partial charge is 0.417 e. The number of halogens is 5. The number of nitrogens with one attached hydrogen (secondary N) is 2. The summed E-state index contributed by atoms with van der Waals surface area (Å²) in [5.41, 5.74) is 0.199. The fourth-order valence-corrected chi connectivity index (χ4v) is 5.16. The Morgan fingerprint density at radius 2 is 1.78 bits per heavy atom. The lowest BCUT2D eigenvalue weighted by Gasteiger charge is -2.13.